The molecule has 0 fully saturated rings. The third-order valence-electron chi connectivity index (χ3n) is 2.19. The Bertz CT molecular complexity index is 514. The standard InChI is InChI=1S/C12H10O4/c13-8-1-2-12(16)11(6-8)7-3-9(14)5-10(15)4-7/h1-6,13-16H. The van der Waals surface area contributed by atoms with Crippen LogP contribution in [0.15, 0.2) is 36.4 Å². The predicted octanol–water partition coefficient (Wildman–Crippen LogP) is 2.18. The van der Waals surface area contributed by atoms with E-state index in [2.05, 4.69) is 0 Å². The molecule has 0 bridgehead atoms. The first-order valence-corrected chi connectivity index (χ1v) is 4.61. The van der Waals surface area contributed by atoms with Crippen LogP contribution in [0, 0.1) is 0 Å². The van der Waals surface area contributed by atoms with Crippen molar-refractivity contribution in [1.29, 1.82) is 0 Å². The molecule has 82 valence electrons. The van der Waals surface area contributed by atoms with Crippen molar-refractivity contribution < 1.29 is 20.4 Å². The highest BCUT2D eigenvalue weighted by Crippen LogP contribution is 2.35. The van der Waals surface area contributed by atoms with Gasteiger partial charge in [-0.3, -0.25) is 0 Å². The predicted molar refractivity (Wildman–Crippen MR) is 58.5 cm³/mol. The molecule has 2 aromatic carbocycles. The van der Waals surface area contributed by atoms with Crippen molar-refractivity contribution in [2.75, 3.05) is 0 Å². The van der Waals surface area contributed by atoms with Crippen molar-refractivity contribution in [2.24, 2.45) is 0 Å². The quantitative estimate of drug-likeness (QED) is 0.553. The monoisotopic (exact) mass is 218 g/mol. The average molecular weight is 218 g/mol. The van der Waals surface area contributed by atoms with E-state index in [1.807, 2.05) is 0 Å². The van der Waals surface area contributed by atoms with Gasteiger partial charge in [0.05, 0.1) is 0 Å². The molecule has 0 aromatic heterocycles. The number of rotatable bonds is 1. The molecule has 0 spiro atoms. The summed E-state index contributed by atoms with van der Waals surface area (Å²) in [6.07, 6.45) is 0. The Morgan fingerprint density at radius 3 is 1.88 bits per heavy atom. The van der Waals surface area contributed by atoms with Gasteiger partial charge in [-0.1, -0.05) is 0 Å². The molecule has 2 aromatic rings. The number of hydrogen-bond donors (Lipinski definition) is 4. The first kappa shape index (κ1) is 10.2. The second-order valence-corrected chi connectivity index (χ2v) is 3.44. The highest BCUT2D eigenvalue weighted by molar-refractivity contribution is 5.73. The van der Waals surface area contributed by atoms with Gasteiger partial charge in [0.1, 0.15) is 23.0 Å². The Hall–Kier alpha value is -2.36. The van der Waals surface area contributed by atoms with Gasteiger partial charge in [0, 0.05) is 11.6 Å². The molecule has 0 radical (unpaired) electrons. The summed E-state index contributed by atoms with van der Waals surface area (Å²) in [5.74, 6) is -0.270. The van der Waals surface area contributed by atoms with E-state index in [0.29, 0.717) is 11.1 Å². The molecule has 0 heterocycles. The first-order chi connectivity index (χ1) is 7.56. The number of aromatic hydroxyl groups is 4. The molecule has 0 atom stereocenters. The summed E-state index contributed by atoms with van der Waals surface area (Å²) in [4.78, 5) is 0. The Balaban J connectivity index is 2.62. The normalized spacial score (nSPS) is 10.2. The van der Waals surface area contributed by atoms with Crippen molar-refractivity contribution in [2.45, 2.75) is 0 Å². The van der Waals surface area contributed by atoms with E-state index >= 15 is 0 Å². The van der Waals surface area contributed by atoms with Crippen molar-refractivity contribution in [3.8, 4) is 34.1 Å². The smallest absolute Gasteiger partial charge is 0.123 e. The molecule has 4 N–H and O–H groups in total. The second-order valence-electron chi connectivity index (χ2n) is 3.44. The van der Waals surface area contributed by atoms with Gasteiger partial charge in [-0.25, -0.2) is 0 Å². The minimum absolute atomic E-state index is 0.00404. The van der Waals surface area contributed by atoms with Crippen LogP contribution in [0.3, 0.4) is 0 Å². The zero-order valence-corrected chi connectivity index (χ0v) is 8.25. The second kappa shape index (κ2) is 3.66. The van der Waals surface area contributed by atoms with E-state index in [9.17, 15) is 20.4 Å². The topological polar surface area (TPSA) is 80.9 Å². The summed E-state index contributed by atoms with van der Waals surface area (Å²) in [7, 11) is 0. The summed E-state index contributed by atoms with van der Waals surface area (Å²) in [5.41, 5.74) is 0.761. The molecule has 0 aliphatic heterocycles. The van der Waals surface area contributed by atoms with Crippen molar-refractivity contribution in [3.05, 3.63) is 36.4 Å². The van der Waals surface area contributed by atoms with Gasteiger partial charge in [0.25, 0.3) is 0 Å². The maximum atomic E-state index is 9.60. The lowest BCUT2D eigenvalue weighted by atomic mass is 10.0. The van der Waals surface area contributed by atoms with Crippen LogP contribution in [0.2, 0.25) is 0 Å². The molecule has 0 aliphatic rings. The van der Waals surface area contributed by atoms with Gasteiger partial charge < -0.3 is 20.4 Å². The molecular formula is C12H10O4. The summed E-state index contributed by atoms with van der Waals surface area (Å²) in [6, 6.07) is 7.99. The minimum atomic E-state index is -0.113. The van der Waals surface area contributed by atoms with E-state index in [4.69, 9.17) is 0 Å². The summed E-state index contributed by atoms with van der Waals surface area (Å²) >= 11 is 0. The van der Waals surface area contributed by atoms with Crippen LogP contribution in [-0.2, 0) is 0 Å². The zero-order chi connectivity index (χ0) is 11.7. The highest BCUT2D eigenvalue weighted by atomic mass is 16.3. The SMILES string of the molecule is Oc1cc(O)cc(-c2cc(O)ccc2O)c1. The fourth-order valence-electron chi connectivity index (χ4n) is 1.51. The van der Waals surface area contributed by atoms with E-state index in [1.54, 1.807) is 0 Å². The van der Waals surface area contributed by atoms with Gasteiger partial charge in [0.2, 0.25) is 0 Å². The third-order valence-corrected chi connectivity index (χ3v) is 2.19. The molecule has 0 saturated carbocycles. The number of hydrogen-bond acceptors (Lipinski definition) is 4. The van der Waals surface area contributed by atoms with Crippen LogP contribution in [0.5, 0.6) is 23.0 Å². The molecule has 0 amide bonds. The van der Waals surface area contributed by atoms with Crippen molar-refractivity contribution >= 4 is 0 Å². The summed E-state index contributed by atoms with van der Waals surface area (Å²) in [5, 5.41) is 37.5. The fraction of sp³-hybridized carbons (Fsp3) is 0. The van der Waals surface area contributed by atoms with Crippen molar-refractivity contribution in [1.82, 2.24) is 0 Å². The summed E-state index contributed by atoms with van der Waals surface area (Å²) in [6.45, 7) is 0. The maximum absolute atomic E-state index is 9.60. The van der Waals surface area contributed by atoms with Crippen LogP contribution in [0.1, 0.15) is 0 Å². The molecule has 4 nitrogen and oxygen atoms in total. The zero-order valence-electron chi connectivity index (χ0n) is 8.25. The fourth-order valence-corrected chi connectivity index (χ4v) is 1.51. The molecule has 4 heteroatoms. The minimum Gasteiger partial charge on any atom is -0.508 e. The molecule has 0 saturated heterocycles. The average Bonchev–Trinajstić information content (AvgIpc) is 2.20. The summed E-state index contributed by atoms with van der Waals surface area (Å²) < 4.78 is 0. The lowest BCUT2D eigenvalue weighted by Gasteiger charge is -2.06. The van der Waals surface area contributed by atoms with Crippen LogP contribution in [0.4, 0.5) is 0 Å². The van der Waals surface area contributed by atoms with Gasteiger partial charge >= 0.3 is 0 Å². The van der Waals surface area contributed by atoms with Crippen molar-refractivity contribution in [3.63, 3.8) is 0 Å². The van der Waals surface area contributed by atoms with Crippen LogP contribution < -0.4 is 0 Å². The van der Waals surface area contributed by atoms with Crippen LogP contribution in [0.25, 0.3) is 11.1 Å². The number of phenols is 4. The first-order valence-electron chi connectivity index (χ1n) is 4.61. The number of benzene rings is 2. The molecule has 0 unspecified atom stereocenters. The van der Waals surface area contributed by atoms with Gasteiger partial charge in [0.15, 0.2) is 0 Å². The van der Waals surface area contributed by atoms with E-state index in [-0.39, 0.29) is 23.0 Å². The molecule has 16 heavy (non-hydrogen) atoms. The van der Waals surface area contributed by atoms with Crippen LogP contribution in [-0.4, -0.2) is 20.4 Å². The van der Waals surface area contributed by atoms with E-state index in [1.165, 1.54) is 36.4 Å². The van der Waals surface area contributed by atoms with E-state index < -0.39 is 0 Å². The number of phenolic OH excluding ortho intramolecular Hbond substituents is 4. The maximum Gasteiger partial charge on any atom is 0.123 e. The van der Waals surface area contributed by atoms with Gasteiger partial charge in [-0.05, 0) is 35.9 Å². The lowest BCUT2D eigenvalue weighted by molar-refractivity contribution is 0.450. The van der Waals surface area contributed by atoms with Gasteiger partial charge in [-0.2, -0.15) is 0 Å². The third kappa shape index (κ3) is 1.86. The Kier molecular flexibility index (Phi) is 2.32. The Morgan fingerprint density at radius 1 is 0.625 bits per heavy atom. The van der Waals surface area contributed by atoms with Crippen LogP contribution >= 0.6 is 0 Å². The van der Waals surface area contributed by atoms with E-state index in [0.717, 1.165) is 0 Å². The molecule has 2 rings (SSSR count). The largest absolute Gasteiger partial charge is 0.508 e. The Labute approximate surface area is 91.7 Å². The highest BCUT2D eigenvalue weighted by Gasteiger charge is 2.07. The Morgan fingerprint density at radius 2 is 1.25 bits per heavy atom. The molecule has 0 aliphatic carbocycles. The molecular weight excluding hydrogens is 208 g/mol. The van der Waals surface area contributed by atoms with Gasteiger partial charge in [-0.15, -0.1) is 0 Å². The lowest BCUT2D eigenvalue weighted by Crippen LogP contribution is -1.80.